The first-order chi connectivity index (χ1) is 9.60. The lowest BCUT2D eigenvalue weighted by atomic mass is 10.0. The molecule has 0 aromatic heterocycles. The molecule has 5 nitrogen and oxygen atoms in total. The van der Waals surface area contributed by atoms with E-state index in [1.165, 1.54) is 12.1 Å². The van der Waals surface area contributed by atoms with Gasteiger partial charge in [-0.3, -0.25) is 4.79 Å². The minimum absolute atomic E-state index is 0.0748. The molecule has 0 aliphatic carbocycles. The number of carboxylic acid groups (broad SMARTS) is 1. The van der Waals surface area contributed by atoms with Crippen molar-refractivity contribution >= 4 is 28.0 Å². The second kappa shape index (κ2) is 6.89. The van der Waals surface area contributed by atoms with Crippen molar-refractivity contribution in [3.63, 3.8) is 0 Å². The largest absolute Gasteiger partial charge is 0.481 e. The summed E-state index contributed by atoms with van der Waals surface area (Å²) >= 11 is 3.16. The third-order valence-corrected chi connectivity index (χ3v) is 3.11. The molecule has 0 aliphatic rings. The summed E-state index contributed by atoms with van der Waals surface area (Å²) < 4.78 is 19.4. The van der Waals surface area contributed by atoms with Crippen molar-refractivity contribution in [2.75, 3.05) is 0 Å². The Balaban J connectivity index is 3.01. The Labute approximate surface area is 130 Å². The molecule has 7 heteroatoms. The van der Waals surface area contributed by atoms with E-state index in [-0.39, 0.29) is 5.56 Å². The predicted molar refractivity (Wildman–Crippen MR) is 78.5 cm³/mol. The number of carboxylic acids is 1. The zero-order valence-electron chi connectivity index (χ0n) is 11.9. The van der Waals surface area contributed by atoms with Gasteiger partial charge in [-0.1, -0.05) is 22.0 Å². The van der Waals surface area contributed by atoms with E-state index >= 15 is 0 Å². The van der Waals surface area contributed by atoms with Crippen molar-refractivity contribution in [1.82, 2.24) is 5.32 Å². The van der Waals surface area contributed by atoms with Crippen LogP contribution in [0.15, 0.2) is 22.7 Å². The summed E-state index contributed by atoms with van der Waals surface area (Å²) in [6.45, 7) is 5.04. The summed E-state index contributed by atoms with van der Waals surface area (Å²) in [6.07, 6.45) is -1.26. The van der Waals surface area contributed by atoms with Crippen molar-refractivity contribution in [2.24, 2.45) is 0 Å². The van der Waals surface area contributed by atoms with Gasteiger partial charge >= 0.3 is 12.1 Å². The van der Waals surface area contributed by atoms with E-state index in [0.29, 0.717) is 4.47 Å². The van der Waals surface area contributed by atoms with Gasteiger partial charge in [0.05, 0.1) is 12.5 Å². The molecular formula is C14H17BrFNO4. The Morgan fingerprint density at radius 1 is 1.43 bits per heavy atom. The average molecular weight is 362 g/mol. The average Bonchev–Trinajstić information content (AvgIpc) is 2.24. The van der Waals surface area contributed by atoms with Gasteiger partial charge in [0.15, 0.2) is 0 Å². The SMILES string of the molecule is CC(C)(C)OC(=O)N[C@H](CC(=O)O)c1c(F)cccc1Br. The second-order valence-corrected chi connectivity index (χ2v) is 6.29. The number of nitrogens with one attached hydrogen (secondary N) is 1. The van der Waals surface area contributed by atoms with E-state index < -0.39 is 35.9 Å². The molecule has 2 N–H and O–H groups in total. The molecule has 0 fully saturated rings. The number of amides is 1. The highest BCUT2D eigenvalue weighted by Crippen LogP contribution is 2.28. The molecule has 0 saturated carbocycles. The number of hydrogen-bond acceptors (Lipinski definition) is 3. The van der Waals surface area contributed by atoms with E-state index in [1.807, 2.05) is 0 Å². The fourth-order valence-corrected chi connectivity index (χ4v) is 2.31. The molecule has 1 aromatic rings. The number of alkyl carbamates (subject to hydrolysis) is 1. The fourth-order valence-electron chi connectivity index (χ4n) is 1.69. The predicted octanol–water partition coefficient (Wildman–Crippen LogP) is 3.63. The number of aliphatic carboxylic acids is 1. The van der Waals surface area contributed by atoms with Crippen molar-refractivity contribution in [1.29, 1.82) is 0 Å². The standard InChI is InChI=1S/C14H17BrFNO4/c1-14(2,3)21-13(20)17-10(7-11(18)19)12-8(15)5-4-6-9(12)16/h4-6,10H,7H2,1-3H3,(H,17,20)(H,18,19)/t10-/m1/s1. The molecule has 0 heterocycles. The Hall–Kier alpha value is -1.63. The summed E-state index contributed by atoms with van der Waals surface area (Å²) in [6, 6.07) is 3.22. The number of carbonyl (C=O) groups is 2. The Kier molecular flexibility index (Phi) is 5.71. The van der Waals surface area contributed by atoms with Gasteiger partial charge in [0, 0.05) is 10.0 Å². The molecule has 0 aliphatic heterocycles. The lowest BCUT2D eigenvalue weighted by Crippen LogP contribution is -2.36. The smallest absolute Gasteiger partial charge is 0.408 e. The number of benzene rings is 1. The van der Waals surface area contributed by atoms with Crippen LogP contribution in [0.4, 0.5) is 9.18 Å². The highest BCUT2D eigenvalue weighted by molar-refractivity contribution is 9.10. The maximum atomic E-state index is 13.9. The van der Waals surface area contributed by atoms with Crippen molar-refractivity contribution in [2.45, 2.75) is 38.8 Å². The molecule has 21 heavy (non-hydrogen) atoms. The van der Waals surface area contributed by atoms with Crippen molar-refractivity contribution < 1.29 is 23.8 Å². The first-order valence-electron chi connectivity index (χ1n) is 6.25. The first kappa shape index (κ1) is 17.4. The number of ether oxygens (including phenoxy) is 1. The Morgan fingerprint density at radius 2 is 2.05 bits per heavy atom. The molecule has 0 spiro atoms. The molecule has 1 aromatic carbocycles. The summed E-state index contributed by atoms with van der Waals surface area (Å²) in [7, 11) is 0. The molecule has 0 unspecified atom stereocenters. The summed E-state index contributed by atoms with van der Waals surface area (Å²) in [5.41, 5.74) is -0.657. The highest BCUT2D eigenvalue weighted by Gasteiger charge is 2.26. The topological polar surface area (TPSA) is 75.6 Å². The van der Waals surface area contributed by atoms with Crippen LogP contribution in [0.3, 0.4) is 0 Å². The van der Waals surface area contributed by atoms with E-state index in [2.05, 4.69) is 21.2 Å². The van der Waals surface area contributed by atoms with E-state index in [9.17, 15) is 14.0 Å². The lowest BCUT2D eigenvalue weighted by Gasteiger charge is -2.24. The van der Waals surface area contributed by atoms with Crippen LogP contribution in [0.25, 0.3) is 0 Å². The molecule has 1 rings (SSSR count). The van der Waals surface area contributed by atoms with Gasteiger partial charge < -0.3 is 15.2 Å². The second-order valence-electron chi connectivity index (χ2n) is 5.43. The molecular weight excluding hydrogens is 345 g/mol. The number of hydrogen-bond donors (Lipinski definition) is 2. The van der Waals surface area contributed by atoms with Crippen molar-refractivity contribution in [3.05, 3.63) is 34.1 Å². The Bertz CT molecular complexity index is 522. The van der Waals surface area contributed by atoms with Crippen LogP contribution < -0.4 is 5.32 Å². The maximum absolute atomic E-state index is 13.9. The van der Waals surface area contributed by atoms with Gasteiger partial charge in [-0.2, -0.15) is 0 Å². The van der Waals surface area contributed by atoms with Crippen LogP contribution in [0, 0.1) is 5.82 Å². The summed E-state index contributed by atoms with van der Waals surface area (Å²) in [5, 5.41) is 11.3. The monoisotopic (exact) mass is 361 g/mol. The van der Waals surface area contributed by atoms with Gasteiger partial charge in [-0.15, -0.1) is 0 Å². The van der Waals surface area contributed by atoms with Crippen molar-refractivity contribution in [3.8, 4) is 0 Å². The Morgan fingerprint density at radius 3 is 2.52 bits per heavy atom. The number of carbonyl (C=O) groups excluding carboxylic acids is 1. The van der Waals surface area contributed by atoms with Gasteiger partial charge in [-0.05, 0) is 32.9 Å². The highest BCUT2D eigenvalue weighted by atomic mass is 79.9. The molecule has 116 valence electrons. The minimum atomic E-state index is -1.16. The fraction of sp³-hybridized carbons (Fsp3) is 0.429. The third-order valence-electron chi connectivity index (χ3n) is 2.42. The van der Waals surface area contributed by atoms with E-state index in [1.54, 1.807) is 26.8 Å². The van der Waals surface area contributed by atoms with Crippen LogP contribution in [0.1, 0.15) is 38.8 Å². The normalized spacial score (nSPS) is 12.6. The van der Waals surface area contributed by atoms with Gasteiger partial charge in [0.1, 0.15) is 11.4 Å². The number of rotatable bonds is 4. The third kappa shape index (κ3) is 5.71. The summed E-state index contributed by atoms with van der Waals surface area (Å²) in [4.78, 5) is 22.7. The minimum Gasteiger partial charge on any atom is -0.481 e. The van der Waals surface area contributed by atoms with E-state index in [4.69, 9.17) is 9.84 Å². The van der Waals surface area contributed by atoms with Gasteiger partial charge in [-0.25, -0.2) is 9.18 Å². The van der Waals surface area contributed by atoms with E-state index in [0.717, 1.165) is 0 Å². The van der Waals surface area contributed by atoms with Gasteiger partial charge in [0.25, 0.3) is 0 Å². The maximum Gasteiger partial charge on any atom is 0.408 e. The van der Waals surface area contributed by atoms with Crippen LogP contribution in [0.2, 0.25) is 0 Å². The zero-order chi connectivity index (χ0) is 16.2. The van der Waals surface area contributed by atoms with Crippen LogP contribution in [0.5, 0.6) is 0 Å². The summed E-state index contributed by atoms with van der Waals surface area (Å²) in [5.74, 6) is -1.77. The molecule has 1 amide bonds. The first-order valence-corrected chi connectivity index (χ1v) is 7.04. The zero-order valence-corrected chi connectivity index (χ0v) is 13.5. The number of halogens is 2. The van der Waals surface area contributed by atoms with Crippen LogP contribution >= 0.6 is 15.9 Å². The molecule has 0 bridgehead atoms. The van der Waals surface area contributed by atoms with Crippen LogP contribution in [-0.2, 0) is 9.53 Å². The van der Waals surface area contributed by atoms with Crippen LogP contribution in [-0.4, -0.2) is 22.8 Å². The molecule has 1 atom stereocenters. The quantitative estimate of drug-likeness (QED) is 0.858. The lowest BCUT2D eigenvalue weighted by molar-refractivity contribution is -0.137. The molecule has 0 saturated heterocycles. The molecule has 0 radical (unpaired) electrons. The van der Waals surface area contributed by atoms with Gasteiger partial charge in [0.2, 0.25) is 0 Å².